The maximum Gasteiger partial charge on any atom is 0.249 e. The van der Waals surface area contributed by atoms with Crippen LogP contribution in [0.4, 0.5) is 0 Å². The number of unbranched alkanes of at least 4 members (excludes halogenated alkanes) is 31. The minimum Gasteiger partial charge on any atom is -0.394 e. The molecule has 0 aromatic heterocycles. The van der Waals surface area contributed by atoms with Crippen LogP contribution >= 0.6 is 0 Å². The van der Waals surface area contributed by atoms with Crippen LogP contribution in [0.3, 0.4) is 0 Å². The summed E-state index contributed by atoms with van der Waals surface area (Å²) in [7, 11) is 0. The second-order valence-electron chi connectivity index (χ2n) is 20.3. The van der Waals surface area contributed by atoms with Crippen molar-refractivity contribution in [2.45, 2.75) is 313 Å². The van der Waals surface area contributed by atoms with Crippen molar-refractivity contribution in [1.29, 1.82) is 0 Å². The van der Waals surface area contributed by atoms with Crippen LogP contribution in [-0.2, 0) is 14.3 Å². The summed E-state index contributed by atoms with van der Waals surface area (Å²) in [4.78, 5) is 13.2. The van der Waals surface area contributed by atoms with Crippen molar-refractivity contribution in [3.05, 3.63) is 36.5 Å². The lowest BCUT2D eigenvalue weighted by molar-refractivity contribution is -0.303. The smallest absolute Gasteiger partial charge is 0.249 e. The molecule has 11 nitrogen and oxygen atoms in total. The van der Waals surface area contributed by atoms with E-state index in [4.69, 9.17) is 9.47 Å². The Morgan fingerprint density at radius 3 is 1.29 bits per heavy atom. The minimum atomic E-state index is -1.67. The zero-order valence-electron chi connectivity index (χ0n) is 44.3. The van der Waals surface area contributed by atoms with Crippen molar-refractivity contribution < 1.29 is 50.0 Å². The van der Waals surface area contributed by atoms with Crippen LogP contribution in [0.25, 0.3) is 0 Å². The van der Waals surface area contributed by atoms with Crippen LogP contribution < -0.4 is 5.32 Å². The molecule has 0 spiro atoms. The Morgan fingerprint density at radius 2 is 0.870 bits per heavy atom. The molecule has 1 rings (SSSR count). The van der Waals surface area contributed by atoms with Crippen molar-refractivity contribution in [2.24, 2.45) is 0 Å². The normalized spacial score (nSPS) is 20.6. The van der Waals surface area contributed by atoms with E-state index in [0.29, 0.717) is 19.3 Å². The number of carbonyl (C=O) groups is 1. The number of hydrogen-bond acceptors (Lipinski definition) is 10. The molecular formula is C58H109NO10. The van der Waals surface area contributed by atoms with Gasteiger partial charge in [-0.2, -0.15) is 0 Å². The van der Waals surface area contributed by atoms with Crippen LogP contribution in [-0.4, -0.2) is 110 Å². The largest absolute Gasteiger partial charge is 0.394 e. The number of amides is 1. The molecule has 0 aromatic carbocycles. The standard InChI is InChI=1S/C58H109NO10/c1-3-5-7-9-11-13-15-17-19-21-23-25-27-29-31-33-35-37-39-41-43-45-50(61)53(63)49(48-68-58-56(66)55(65)54(64)52(47-60)69-58)59-57(67)51(62)46-44-42-40-38-36-34-32-30-28-26-24-22-20-18-16-14-12-10-8-6-4-2/h21,23,29,31,37,39,49-56,58,60-66H,3-20,22,24-28,30,32-36,38,40-48H2,1-2H3,(H,59,67)/b23-21+,31-29+,39-37+. The Labute approximate surface area is 422 Å². The van der Waals surface area contributed by atoms with E-state index in [1.165, 1.54) is 167 Å². The average Bonchev–Trinajstić information content (AvgIpc) is 3.35. The maximum absolute atomic E-state index is 13.2. The van der Waals surface area contributed by atoms with Crippen molar-refractivity contribution in [2.75, 3.05) is 13.2 Å². The second-order valence-corrected chi connectivity index (χ2v) is 20.3. The van der Waals surface area contributed by atoms with Gasteiger partial charge in [0.05, 0.1) is 25.4 Å². The van der Waals surface area contributed by atoms with E-state index >= 15 is 0 Å². The lowest BCUT2D eigenvalue weighted by Gasteiger charge is -2.40. The molecule has 8 N–H and O–H groups in total. The number of rotatable bonds is 49. The third-order valence-electron chi connectivity index (χ3n) is 13.9. The quantitative estimate of drug-likeness (QED) is 0.0215. The van der Waals surface area contributed by atoms with Gasteiger partial charge in [-0.15, -0.1) is 0 Å². The molecule has 1 amide bonds. The Balaban J connectivity index is 2.36. The molecule has 0 aliphatic carbocycles. The fourth-order valence-electron chi connectivity index (χ4n) is 9.18. The molecule has 69 heavy (non-hydrogen) atoms. The maximum atomic E-state index is 13.2. The summed E-state index contributed by atoms with van der Waals surface area (Å²) in [5.74, 6) is -0.709. The third kappa shape index (κ3) is 36.0. The molecule has 1 fully saturated rings. The Bertz CT molecular complexity index is 1210. The molecule has 1 aliphatic heterocycles. The van der Waals surface area contributed by atoms with Crippen LogP contribution in [0, 0.1) is 0 Å². The molecule has 11 heteroatoms. The summed E-state index contributed by atoms with van der Waals surface area (Å²) in [6, 6.07) is -1.19. The summed E-state index contributed by atoms with van der Waals surface area (Å²) in [5, 5.41) is 76.1. The van der Waals surface area contributed by atoms with E-state index in [1.54, 1.807) is 0 Å². The highest BCUT2D eigenvalue weighted by molar-refractivity contribution is 5.80. The Morgan fingerprint density at radius 1 is 0.493 bits per heavy atom. The van der Waals surface area contributed by atoms with E-state index in [9.17, 15) is 40.5 Å². The zero-order chi connectivity index (χ0) is 50.4. The second kappa shape index (κ2) is 47.3. The molecule has 1 aliphatic rings. The number of allylic oxidation sites excluding steroid dienone is 6. The van der Waals surface area contributed by atoms with Gasteiger partial charge in [-0.05, 0) is 64.2 Å². The first-order valence-corrected chi connectivity index (χ1v) is 28.9. The Hall–Kier alpha value is -1.67. The number of aliphatic hydroxyl groups excluding tert-OH is 7. The van der Waals surface area contributed by atoms with Gasteiger partial charge in [0.1, 0.15) is 36.6 Å². The molecule has 0 saturated carbocycles. The monoisotopic (exact) mass is 980 g/mol. The number of carbonyl (C=O) groups excluding carboxylic acids is 1. The summed E-state index contributed by atoms with van der Waals surface area (Å²) in [5.41, 5.74) is 0. The molecular weight excluding hydrogens is 871 g/mol. The van der Waals surface area contributed by atoms with E-state index < -0.39 is 74.2 Å². The van der Waals surface area contributed by atoms with Gasteiger partial charge >= 0.3 is 0 Å². The SMILES string of the molecule is CCCCCCCCCC/C=C/CC/C=C/CC/C=C/CCCC(O)C(O)C(COC1OC(CO)C(O)C(O)C1O)NC(=O)C(O)CCCCCCCCCCCCCCCCCCCCCCC. The van der Waals surface area contributed by atoms with Crippen LogP contribution in [0.2, 0.25) is 0 Å². The van der Waals surface area contributed by atoms with Gasteiger partial charge in [0, 0.05) is 0 Å². The van der Waals surface area contributed by atoms with Gasteiger partial charge in [-0.1, -0.05) is 230 Å². The van der Waals surface area contributed by atoms with Gasteiger partial charge < -0.3 is 50.5 Å². The molecule has 9 unspecified atom stereocenters. The predicted octanol–water partition coefficient (Wildman–Crippen LogP) is 11.9. The first kappa shape index (κ1) is 65.3. The molecule has 1 saturated heterocycles. The molecule has 406 valence electrons. The lowest BCUT2D eigenvalue weighted by atomic mass is 9.98. The summed E-state index contributed by atoms with van der Waals surface area (Å²) in [6.07, 6.45) is 46.2. The van der Waals surface area contributed by atoms with Gasteiger partial charge in [0.15, 0.2) is 6.29 Å². The van der Waals surface area contributed by atoms with Crippen LogP contribution in [0.1, 0.15) is 258 Å². The molecule has 0 aromatic rings. The molecule has 0 radical (unpaired) electrons. The Kier molecular flexibility index (Phi) is 44.8. The molecule has 0 bridgehead atoms. The zero-order valence-corrected chi connectivity index (χ0v) is 44.3. The minimum absolute atomic E-state index is 0.242. The summed E-state index contributed by atoms with van der Waals surface area (Å²) in [6.45, 7) is 3.45. The van der Waals surface area contributed by atoms with Gasteiger partial charge in [-0.25, -0.2) is 0 Å². The van der Waals surface area contributed by atoms with Gasteiger partial charge in [-0.3, -0.25) is 4.79 Å². The van der Waals surface area contributed by atoms with Gasteiger partial charge in [0.25, 0.3) is 0 Å². The van der Waals surface area contributed by atoms with E-state index in [0.717, 1.165) is 44.9 Å². The van der Waals surface area contributed by atoms with Crippen LogP contribution in [0.15, 0.2) is 36.5 Å². The predicted molar refractivity (Wildman–Crippen MR) is 284 cm³/mol. The van der Waals surface area contributed by atoms with Gasteiger partial charge in [0.2, 0.25) is 5.91 Å². The fourth-order valence-corrected chi connectivity index (χ4v) is 9.18. The van der Waals surface area contributed by atoms with E-state index in [2.05, 4.69) is 55.6 Å². The molecule has 1 heterocycles. The van der Waals surface area contributed by atoms with Crippen molar-refractivity contribution in [3.63, 3.8) is 0 Å². The van der Waals surface area contributed by atoms with E-state index in [1.807, 2.05) is 0 Å². The lowest BCUT2D eigenvalue weighted by Crippen LogP contribution is -2.60. The first-order chi connectivity index (χ1) is 33.7. The highest BCUT2D eigenvalue weighted by atomic mass is 16.7. The average molecular weight is 981 g/mol. The molecule has 9 atom stereocenters. The summed E-state index contributed by atoms with van der Waals surface area (Å²) < 4.78 is 11.1. The topological polar surface area (TPSA) is 189 Å². The number of nitrogens with one attached hydrogen (secondary N) is 1. The third-order valence-corrected chi connectivity index (χ3v) is 13.9. The van der Waals surface area contributed by atoms with Crippen LogP contribution in [0.5, 0.6) is 0 Å². The fraction of sp³-hybridized carbons (Fsp3) is 0.879. The van der Waals surface area contributed by atoms with E-state index in [-0.39, 0.29) is 12.8 Å². The number of hydrogen-bond donors (Lipinski definition) is 8. The number of ether oxygens (including phenoxy) is 2. The van der Waals surface area contributed by atoms with Crippen molar-refractivity contribution in [3.8, 4) is 0 Å². The van der Waals surface area contributed by atoms with Crippen molar-refractivity contribution in [1.82, 2.24) is 5.32 Å². The highest BCUT2D eigenvalue weighted by Gasteiger charge is 2.44. The summed E-state index contributed by atoms with van der Waals surface area (Å²) >= 11 is 0. The first-order valence-electron chi connectivity index (χ1n) is 28.9. The highest BCUT2D eigenvalue weighted by Crippen LogP contribution is 2.23. The van der Waals surface area contributed by atoms with Crippen molar-refractivity contribution >= 4 is 5.91 Å². The number of aliphatic hydroxyl groups is 7.